The van der Waals surface area contributed by atoms with Crippen molar-refractivity contribution in [3.63, 3.8) is 0 Å². The van der Waals surface area contributed by atoms with Crippen molar-refractivity contribution in [1.29, 1.82) is 0 Å². The third-order valence-corrected chi connectivity index (χ3v) is 4.55. The molecule has 88 valence electrons. The summed E-state index contributed by atoms with van der Waals surface area (Å²) in [4.78, 5) is 14.0. The Morgan fingerprint density at radius 2 is 2.25 bits per heavy atom. The van der Waals surface area contributed by atoms with Gasteiger partial charge in [0.15, 0.2) is 0 Å². The van der Waals surface area contributed by atoms with Gasteiger partial charge in [0.1, 0.15) is 0 Å². The summed E-state index contributed by atoms with van der Waals surface area (Å²) < 4.78 is 1.01. The van der Waals surface area contributed by atoms with Crippen LogP contribution in [0, 0.1) is 5.92 Å². The van der Waals surface area contributed by atoms with E-state index in [1.54, 1.807) is 11.3 Å². The molecule has 1 aromatic heterocycles. The number of nitrogens with two attached hydrogens (primary N) is 1. The monoisotopic (exact) mass is 302 g/mol. The van der Waals surface area contributed by atoms with Gasteiger partial charge in [-0.3, -0.25) is 4.79 Å². The van der Waals surface area contributed by atoms with Gasteiger partial charge in [0.05, 0.1) is 9.35 Å². The Balaban J connectivity index is 1.96. The molecule has 1 amide bonds. The maximum atomic E-state index is 12.1. The van der Waals surface area contributed by atoms with Crippen molar-refractivity contribution in [1.82, 2.24) is 4.90 Å². The van der Waals surface area contributed by atoms with Crippen molar-refractivity contribution in [2.45, 2.75) is 12.8 Å². The number of likely N-dealkylation sites (tertiary alicyclic amines) is 1. The number of carbonyl (C=O) groups excluding carboxylic acids is 1. The quantitative estimate of drug-likeness (QED) is 0.911. The van der Waals surface area contributed by atoms with Crippen LogP contribution in [0.4, 0.5) is 0 Å². The lowest BCUT2D eigenvalue weighted by Gasteiger charge is -2.31. The summed E-state index contributed by atoms with van der Waals surface area (Å²) in [7, 11) is 0. The van der Waals surface area contributed by atoms with E-state index in [2.05, 4.69) is 15.9 Å². The highest BCUT2D eigenvalue weighted by molar-refractivity contribution is 9.11. The van der Waals surface area contributed by atoms with E-state index in [0.717, 1.165) is 41.8 Å². The molecule has 1 aliphatic heterocycles. The van der Waals surface area contributed by atoms with Gasteiger partial charge < -0.3 is 10.6 Å². The predicted molar refractivity (Wildman–Crippen MR) is 69.7 cm³/mol. The molecule has 0 saturated carbocycles. The summed E-state index contributed by atoms with van der Waals surface area (Å²) in [5.41, 5.74) is 6.43. The van der Waals surface area contributed by atoms with Gasteiger partial charge >= 0.3 is 0 Å². The average Bonchev–Trinajstić information content (AvgIpc) is 2.75. The molecule has 0 bridgehead atoms. The molecule has 2 heterocycles. The van der Waals surface area contributed by atoms with E-state index in [4.69, 9.17) is 5.73 Å². The lowest BCUT2D eigenvalue weighted by atomic mass is 9.97. The Kier molecular flexibility index (Phi) is 4.00. The second kappa shape index (κ2) is 5.29. The van der Waals surface area contributed by atoms with E-state index in [-0.39, 0.29) is 5.91 Å². The fourth-order valence-corrected chi connectivity index (χ4v) is 3.11. The van der Waals surface area contributed by atoms with Crippen LogP contribution in [-0.2, 0) is 0 Å². The molecule has 16 heavy (non-hydrogen) atoms. The standard InChI is InChI=1S/C11H15BrN2OS/c12-10-5-9(7-16-10)11(15)14-3-1-8(6-13)2-4-14/h5,7-8H,1-4,6,13H2. The maximum Gasteiger partial charge on any atom is 0.254 e. The fraction of sp³-hybridized carbons (Fsp3) is 0.545. The van der Waals surface area contributed by atoms with Gasteiger partial charge in [-0.1, -0.05) is 0 Å². The van der Waals surface area contributed by atoms with Crippen LogP contribution in [0.25, 0.3) is 0 Å². The summed E-state index contributed by atoms with van der Waals surface area (Å²) in [6.45, 7) is 2.42. The molecule has 0 aliphatic carbocycles. The Morgan fingerprint density at radius 1 is 1.56 bits per heavy atom. The zero-order chi connectivity index (χ0) is 11.5. The first kappa shape index (κ1) is 12.1. The molecule has 1 aromatic rings. The van der Waals surface area contributed by atoms with Crippen LogP contribution in [0.15, 0.2) is 15.2 Å². The molecule has 3 nitrogen and oxygen atoms in total. The molecule has 2 N–H and O–H groups in total. The number of hydrogen-bond acceptors (Lipinski definition) is 3. The van der Waals surface area contributed by atoms with E-state index in [1.807, 2.05) is 16.3 Å². The first-order chi connectivity index (χ1) is 7.70. The molecular formula is C11H15BrN2OS. The minimum absolute atomic E-state index is 0.150. The SMILES string of the molecule is NCC1CCN(C(=O)c2csc(Br)c2)CC1. The second-order valence-electron chi connectivity index (χ2n) is 4.11. The van der Waals surface area contributed by atoms with Crippen molar-refractivity contribution in [3.05, 3.63) is 20.8 Å². The molecule has 0 atom stereocenters. The topological polar surface area (TPSA) is 46.3 Å². The first-order valence-electron chi connectivity index (χ1n) is 5.44. The molecule has 2 rings (SSSR count). The highest BCUT2D eigenvalue weighted by Gasteiger charge is 2.23. The highest BCUT2D eigenvalue weighted by Crippen LogP contribution is 2.23. The smallest absolute Gasteiger partial charge is 0.254 e. The number of hydrogen-bond donors (Lipinski definition) is 1. The Labute approximate surface area is 108 Å². The predicted octanol–water partition coefficient (Wildman–Crippen LogP) is 2.32. The fourth-order valence-electron chi connectivity index (χ4n) is 1.98. The molecule has 0 aromatic carbocycles. The minimum atomic E-state index is 0.150. The summed E-state index contributed by atoms with van der Waals surface area (Å²) in [6, 6.07) is 1.89. The van der Waals surface area contributed by atoms with Crippen LogP contribution in [0.1, 0.15) is 23.2 Å². The van der Waals surface area contributed by atoms with E-state index < -0.39 is 0 Å². The molecule has 0 radical (unpaired) electrons. The van der Waals surface area contributed by atoms with Crippen molar-refractivity contribution in [2.24, 2.45) is 11.7 Å². The average molecular weight is 303 g/mol. The maximum absolute atomic E-state index is 12.1. The van der Waals surface area contributed by atoms with Gasteiger partial charge in [-0.2, -0.15) is 0 Å². The molecule has 1 fully saturated rings. The number of nitrogens with zero attached hydrogens (tertiary/aromatic N) is 1. The number of thiophene rings is 1. The van der Waals surface area contributed by atoms with Crippen molar-refractivity contribution in [3.8, 4) is 0 Å². The number of amides is 1. The lowest BCUT2D eigenvalue weighted by molar-refractivity contribution is 0.0694. The van der Waals surface area contributed by atoms with Gasteiger partial charge in [-0.15, -0.1) is 11.3 Å². The van der Waals surface area contributed by atoms with Crippen LogP contribution in [0.5, 0.6) is 0 Å². The van der Waals surface area contributed by atoms with E-state index in [0.29, 0.717) is 5.92 Å². The lowest BCUT2D eigenvalue weighted by Crippen LogP contribution is -2.39. The van der Waals surface area contributed by atoms with Crippen molar-refractivity contribution < 1.29 is 4.79 Å². The van der Waals surface area contributed by atoms with Crippen molar-refractivity contribution >= 4 is 33.2 Å². The zero-order valence-electron chi connectivity index (χ0n) is 8.99. The Morgan fingerprint density at radius 3 is 2.75 bits per heavy atom. The number of carbonyl (C=O) groups is 1. The van der Waals surface area contributed by atoms with Gasteiger partial charge in [0, 0.05) is 18.5 Å². The van der Waals surface area contributed by atoms with Gasteiger partial charge in [0.2, 0.25) is 0 Å². The van der Waals surface area contributed by atoms with Crippen LogP contribution in [0.2, 0.25) is 0 Å². The summed E-state index contributed by atoms with van der Waals surface area (Å²) in [5.74, 6) is 0.746. The largest absolute Gasteiger partial charge is 0.339 e. The third-order valence-electron chi connectivity index (χ3n) is 3.05. The van der Waals surface area contributed by atoms with Crippen LogP contribution in [0.3, 0.4) is 0 Å². The van der Waals surface area contributed by atoms with E-state index in [9.17, 15) is 4.79 Å². The number of rotatable bonds is 2. The summed E-state index contributed by atoms with van der Waals surface area (Å²) in [6.07, 6.45) is 2.07. The number of piperidine rings is 1. The normalized spacial score (nSPS) is 17.8. The van der Waals surface area contributed by atoms with Crippen LogP contribution in [-0.4, -0.2) is 30.4 Å². The highest BCUT2D eigenvalue weighted by atomic mass is 79.9. The molecular weight excluding hydrogens is 288 g/mol. The van der Waals surface area contributed by atoms with Crippen LogP contribution >= 0.6 is 27.3 Å². The van der Waals surface area contributed by atoms with Crippen LogP contribution < -0.4 is 5.73 Å². The van der Waals surface area contributed by atoms with Gasteiger partial charge in [0.25, 0.3) is 5.91 Å². The Hall–Kier alpha value is -0.390. The summed E-state index contributed by atoms with van der Waals surface area (Å²) in [5, 5.41) is 1.90. The third kappa shape index (κ3) is 2.64. The molecule has 1 saturated heterocycles. The molecule has 1 aliphatic rings. The first-order valence-corrected chi connectivity index (χ1v) is 7.11. The van der Waals surface area contributed by atoms with Gasteiger partial charge in [-0.25, -0.2) is 0 Å². The van der Waals surface area contributed by atoms with E-state index in [1.165, 1.54) is 0 Å². The van der Waals surface area contributed by atoms with E-state index >= 15 is 0 Å². The Bertz CT molecular complexity index is 372. The minimum Gasteiger partial charge on any atom is -0.339 e. The van der Waals surface area contributed by atoms with Gasteiger partial charge in [-0.05, 0) is 47.3 Å². The van der Waals surface area contributed by atoms with Crippen molar-refractivity contribution in [2.75, 3.05) is 19.6 Å². The number of halogens is 1. The molecule has 0 unspecified atom stereocenters. The zero-order valence-corrected chi connectivity index (χ0v) is 11.4. The molecule has 0 spiro atoms. The second-order valence-corrected chi connectivity index (χ2v) is 6.40. The summed E-state index contributed by atoms with van der Waals surface area (Å²) >= 11 is 4.93. The molecule has 5 heteroatoms.